The van der Waals surface area contributed by atoms with Gasteiger partial charge in [-0.15, -0.1) is 0 Å². The molecule has 1 saturated carbocycles. The summed E-state index contributed by atoms with van der Waals surface area (Å²) in [6, 6.07) is 2.13. The largest absolute Gasteiger partial charge is 0.375 e. The predicted octanol–water partition coefficient (Wildman–Crippen LogP) is 0.830. The van der Waals surface area contributed by atoms with Gasteiger partial charge in [-0.25, -0.2) is 0 Å². The first-order chi connectivity index (χ1) is 8.70. The third kappa shape index (κ3) is 3.54. The standard InChI is InChI=1S/C12H16N2O3S/c1-17-10(8-4-5-18-7-8)6-13-11(15)12(16)14-9-2-3-9/h4-5,7,9-10H,2-3,6H2,1H3,(H,13,15)(H,14,16)/t10-/m0/s1. The Balaban J connectivity index is 1.78. The van der Waals surface area contributed by atoms with Gasteiger partial charge in [-0.05, 0) is 35.2 Å². The Morgan fingerprint density at radius 1 is 1.50 bits per heavy atom. The number of hydrogen-bond acceptors (Lipinski definition) is 4. The fraction of sp³-hybridized carbons (Fsp3) is 0.500. The molecule has 6 heteroatoms. The van der Waals surface area contributed by atoms with Crippen LogP contribution < -0.4 is 10.6 Å². The van der Waals surface area contributed by atoms with Gasteiger partial charge in [0.05, 0.1) is 0 Å². The number of methoxy groups -OCH3 is 1. The lowest BCUT2D eigenvalue weighted by atomic mass is 10.2. The molecule has 1 fully saturated rings. The molecule has 18 heavy (non-hydrogen) atoms. The molecule has 2 rings (SSSR count). The fourth-order valence-electron chi connectivity index (χ4n) is 1.54. The van der Waals surface area contributed by atoms with Crippen molar-refractivity contribution in [2.24, 2.45) is 0 Å². The Bertz CT molecular complexity index is 415. The van der Waals surface area contributed by atoms with Gasteiger partial charge in [0.15, 0.2) is 0 Å². The summed E-state index contributed by atoms with van der Waals surface area (Å²) in [6.45, 7) is 0.296. The topological polar surface area (TPSA) is 67.4 Å². The molecule has 0 spiro atoms. The second-order valence-electron chi connectivity index (χ2n) is 4.24. The summed E-state index contributed by atoms with van der Waals surface area (Å²) in [4.78, 5) is 22.9. The highest BCUT2D eigenvalue weighted by atomic mass is 32.1. The van der Waals surface area contributed by atoms with Crippen molar-refractivity contribution in [1.82, 2.24) is 10.6 Å². The first-order valence-corrected chi connectivity index (χ1v) is 6.78. The quantitative estimate of drug-likeness (QED) is 0.777. The van der Waals surface area contributed by atoms with Gasteiger partial charge < -0.3 is 15.4 Å². The van der Waals surface area contributed by atoms with Crippen LogP contribution in [0.4, 0.5) is 0 Å². The molecule has 0 unspecified atom stereocenters. The van der Waals surface area contributed by atoms with Gasteiger partial charge >= 0.3 is 11.8 Å². The number of nitrogens with one attached hydrogen (secondary N) is 2. The average Bonchev–Trinajstić information content (AvgIpc) is 3.02. The van der Waals surface area contributed by atoms with Gasteiger partial charge in [0.25, 0.3) is 0 Å². The molecule has 98 valence electrons. The second-order valence-corrected chi connectivity index (χ2v) is 5.02. The molecule has 1 aromatic rings. The Morgan fingerprint density at radius 3 is 2.83 bits per heavy atom. The third-order valence-electron chi connectivity index (χ3n) is 2.77. The van der Waals surface area contributed by atoms with E-state index in [4.69, 9.17) is 4.74 Å². The van der Waals surface area contributed by atoms with Crippen LogP contribution in [0.25, 0.3) is 0 Å². The number of hydrogen-bond donors (Lipinski definition) is 2. The lowest BCUT2D eigenvalue weighted by molar-refractivity contribution is -0.139. The van der Waals surface area contributed by atoms with Crippen molar-refractivity contribution >= 4 is 23.2 Å². The van der Waals surface area contributed by atoms with Crippen molar-refractivity contribution in [3.63, 3.8) is 0 Å². The van der Waals surface area contributed by atoms with E-state index in [2.05, 4.69) is 10.6 Å². The molecular weight excluding hydrogens is 252 g/mol. The van der Waals surface area contributed by atoms with E-state index in [0.717, 1.165) is 18.4 Å². The first kappa shape index (κ1) is 13.0. The predicted molar refractivity (Wildman–Crippen MR) is 68.2 cm³/mol. The zero-order valence-electron chi connectivity index (χ0n) is 10.1. The summed E-state index contributed by atoms with van der Waals surface area (Å²) in [6.07, 6.45) is 1.72. The molecule has 5 nitrogen and oxygen atoms in total. The second kappa shape index (κ2) is 5.97. The Labute approximate surface area is 110 Å². The summed E-state index contributed by atoms with van der Waals surface area (Å²) in [5.74, 6) is -1.16. The Kier molecular flexibility index (Phi) is 4.33. The van der Waals surface area contributed by atoms with Crippen LogP contribution in [0.1, 0.15) is 24.5 Å². The number of carbonyl (C=O) groups is 2. The number of rotatable bonds is 5. The van der Waals surface area contributed by atoms with E-state index in [9.17, 15) is 9.59 Å². The molecule has 0 aromatic carbocycles. The Hall–Kier alpha value is -1.40. The van der Waals surface area contributed by atoms with Gasteiger partial charge in [-0.1, -0.05) is 0 Å². The van der Waals surface area contributed by atoms with Crippen molar-refractivity contribution in [3.8, 4) is 0 Å². The molecule has 2 amide bonds. The molecule has 0 saturated heterocycles. The molecule has 1 aromatic heterocycles. The summed E-state index contributed by atoms with van der Waals surface area (Å²) in [5, 5.41) is 9.13. The molecule has 0 radical (unpaired) electrons. The smallest absolute Gasteiger partial charge is 0.309 e. The maximum atomic E-state index is 11.5. The first-order valence-electron chi connectivity index (χ1n) is 5.84. The maximum Gasteiger partial charge on any atom is 0.309 e. The number of thiophene rings is 1. The van der Waals surface area contributed by atoms with Crippen LogP contribution in [0, 0.1) is 0 Å². The molecule has 1 aliphatic carbocycles. The zero-order chi connectivity index (χ0) is 13.0. The van der Waals surface area contributed by atoms with E-state index in [-0.39, 0.29) is 12.1 Å². The van der Waals surface area contributed by atoms with Crippen molar-refractivity contribution in [3.05, 3.63) is 22.4 Å². The van der Waals surface area contributed by atoms with Crippen LogP contribution in [0.2, 0.25) is 0 Å². The van der Waals surface area contributed by atoms with Crippen LogP contribution >= 0.6 is 11.3 Å². The third-order valence-corrected chi connectivity index (χ3v) is 3.47. The van der Waals surface area contributed by atoms with E-state index in [1.165, 1.54) is 0 Å². The van der Waals surface area contributed by atoms with Crippen molar-refractivity contribution in [2.75, 3.05) is 13.7 Å². The molecule has 1 heterocycles. The van der Waals surface area contributed by atoms with Crippen molar-refractivity contribution in [1.29, 1.82) is 0 Å². The summed E-state index contributed by atoms with van der Waals surface area (Å²) < 4.78 is 5.28. The maximum absolute atomic E-state index is 11.5. The van der Waals surface area contributed by atoms with Gasteiger partial charge in [-0.2, -0.15) is 11.3 Å². The summed E-state index contributed by atoms with van der Waals surface area (Å²) in [5.41, 5.74) is 1.01. The van der Waals surface area contributed by atoms with Crippen molar-refractivity contribution < 1.29 is 14.3 Å². The zero-order valence-corrected chi connectivity index (χ0v) is 11.0. The molecule has 2 N–H and O–H groups in total. The van der Waals surface area contributed by atoms with Crippen LogP contribution in [0.5, 0.6) is 0 Å². The van der Waals surface area contributed by atoms with Gasteiger partial charge in [0, 0.05) is 19.7 Å². The molecule has 1 atom stereocenters. The minimum absolute atomic E-state index is 0.193. The fourth-order valence-corrected chi connectivity index (χ4v) is 2.24. The highest BCUT2D eigenvalue weighted by Crippen LogP contribution is 2.19. The minimum Gasteiger partial charge on any atom is -0.375 e. The highest BCUT2D eigenvalue weighted by molar-refractivity contribution is 7.07. The summed E-state index contributed by atoms with van der Waals surface area (Å²) in [7, 11) is 1.58. The van der Waals surface area contributed by atoms with Gasteiger partial charge in [0.2, 0.25) is 0 Å². The van der Waals surface area contributed by atoms with E-state index < -0.39 is 11.8 Å². The van der Waals surface area contributed by atoms with E-state index in [1.54, 1.807) is 18.4 Å². The highest BCUT2D eigenvalue weighted by Gasteiger charge is 2.26. The number of ether oxygens (including phenoxy) is 1. The van der Waals surface area contributed by atoms with Crippen LogP contribution in [0.15, 0.2) is 16.8 Å². The molecule has 0 aliphatic heterocycles. The molecule has 1 aliphatic rings. The Morgan fingerprint density at radius 2 is 2.28 bits per heavy atom. The van der Waals surface area contributed by atoms with E-state index in [0.29, 0.717) is 6.54 Å². The van der Waals surface area contributed by atoms with Crippen molar-refractivity contribution in [2.45, 2.75) is 25.0 Å². The van der Waals surface area contributed by atoms with Crippen LogP contribution in [-0.4, -0.2) is 31.5 Å². The number of carbonyl (C=O) groups excluding carboxylic acids is 2. The minimum atomic E-state index is -0.598. The van der Waals surface area contributed by atoms with Crippen LogP contribution in [-0.2, 0) is 14.3 Å². The van der Waals surface area contributed by atoms with Gasteiger partial charge in [0.1, 0.15) is 6.10 Å². The molecule has 0 bridgehead atoms. The average molecular weight is 268 g/mol. The molecular formula is C12H16N2O3S. The van der Waals surface area contributed by atoms with E-state index >= 15 is 0 Å². The number of amides is 2. The lowest BCUT2D eigenvalue weighted by Gasteiger charge is -2.14. The van der Waals surface area contributed by atoms with Crippen LogP contribution in [0.3, 0.4) is 0 Å². The monoisotopic (exact) mass is 268 g/mol. The van der Waals surface area contributed by atoms with Gasteiger partial charge in [-0.3, -0.25) is 9.59 Å². The normalized spacial score (nSPS) is 16.1. The summed E-state index contributed by atoms with van der Waals surface area (Å²) >= 11 is 1.57. The lowest BCUT2D eigenvalue weighted by Crippen LogP contribution is -2.42. The van der Waals surface area contributed by atoms with E-state index in [1.807, 2.05) is 16.8 Å². The SMILES string of the molecule is CO[C@@H](CNC(=O)C(=O)NC1CC1)c1ccsc1.